The highest BCUT2D eigenvalue weighted by molar-refractivity contribution is 7.13. The molecule has 0 radical (unpaired) electrons. The number of nitrogens with one attached hydrogen (secondary N) is 1. The van der Waals surface area contributed by atoms with Crippen molar-refractivity contribution in [3.63, 3.8) is 0 Å². The Morgan fingerprint density at radius 2 is 2.38 bits per heavy atom. The summed E-state index contributed by atoms with van der Waals surface area (Å²) in [7, 11) is 0. The molecule has 4 heteroatoms. The summed E-state index contributed by atoms with van der Waals surface area (Å²) >= 11 is 1.69. The van der Waals surface area contributed by atoms with Gasteiger partial charge in [0.15, 0.2) is 0 Å². The molecule has 0 bridgehead atoms. The molecule has 1 aliphatic carbocycles. The number of rotatable bonds is 2. The minimum absolute atomic E-state index is 0.743. The molecule has 2 aromatic rings. The van der Waals surface area contributed by atoms with E-state index in [0.29, 0.717) is 0 Å². The summed E-state index contributed by atoms with van der Waals surface area (Å²) in [6, 6.07) is 0. The number of aromatic amines is 1. The summed E-state index contributed by atoms with van der Waals surface area (Å²) in [6.45, 7) is 0. The van der Waals surface area contributed by atoms with Gasteiger partial charge < -0.3 is 4.98 Å². The zero-order chi connectivity index (χ0) is 8.67. The second-order valence-corrected chi connectivity index (χ2v) is 4.18. The van der Waals surface area contributed by atoms with Crippen molar-refractivity contribution in [3.8, 4) is 10.7 Å². The minimum atomic E-state index is 0.743. The van der Waals surface area contributed by atoms with Crippen LogP contribution in [0.2, 0.25) is 0 Å². The topological polar surface area (TPSA) is 41.6 Å². The third kappa shape index (κ3) is 1.27. The van der Waals surface area contributed by atoms with Crippen molar-refractivity contribution in [3.05, 3.63) is 23.6 Å². The van der Waals surface area contributed by atoms with E-state index in [9.17, 15) is 0 Å². The predicted molar refractivity (Wildman–Crippen MR) is 51.7 cm³/mol. The van der Waals surface area contributed by atoms with Crippen LogP contribution in [0.15, 0.2) is 17.9 Å². The van der Waals surface area contributed by atoms with Gasteiger partial charge in [0.1, 0.15) is 5.01 Å². The molecule has 0 amide bonds. The van der Waals surface area contributed by atoms with E-state index in [2.05, 4.69) is 20.3 Å². The first-order valence-electron chi connectivity index (χ1n) is 4.37. The van der Waals surface area contributed by atoms with Crippen LogP contribution in [-0.2, 0) is 0 Å². The Bertz CT molecular complexity index is 400. The van der Waals surface area contributed by atoms with Crippen molar-refractivity contribution in [1.29, 1.82) is 0 Å². The number of nitrogens with zero attached hydrogens (tertiary/aromatic N) is 2. The number of hydrogen-bond acceptors (Lipinski definition) is 3. The maximum Gasteiger partial charge on any atom is 0.141 e. The van der Waals surface area contributed by atoms with E-state index < -0.39 is 0 Å². The molecule has 66 valence electrons. The number of thiazole rings is 1. The van der Waals surface area contributed by atoms with Gasteiger partial charge in [-0.25, -0.2) is 9.97 Å². The fourth-order valence-corrected chi connectivity index (χ4v) is 2.22. The maximum absolute atomic E-state index is 4.56. The third-order valence-corrected chi connectivity index (χ3v) is 3.14. The van der Waals surface area contributed by atoms with Crippen molar-refractivity contribution in [2.24, 2.45) is 0 Å². The van der Waals surface area contributed by atoms with Crippen LogP contribution in [0.1, 0.15) is 24.5 Å². The molecule has 1 aliphatic rings. The molecule has 2 aromatic heterocycles. The monoisotopic (exact) mass is 191 g/mol. The van der Waals surface area contributed by atoms with Crippen molar-refractivity contribution in [2.45, 2.75) is 18.8 Å². The smallest absolute Gasteiger partial charge is 0.141 e. The van der Waals surface area contributed by atoms with E-state index in [1.54, 1.807) is 17.7 Å². The molecular formula is C9H9N3S. The first-order valence-corrected chi connectivity index (χ1v) is 5.25. The van der Waals surface area contributed by atoms with Crippen molar-refractivity contribution in [1.82, 2.24) is 15.0 Å². The SMILES string of the molecule is c1ncc(-c2nc(C3CC3)cs2)[nH]1. The quantitative estimate of drug-likeness (QED) is 0.792. The van der Waals surface area contributed by atoms with Gasteiger partial charge in [0.2, 0.25) is 0 Å². The molecule has 3 rings (SSSR count). The minimum Gasteiger partial charge on any atom is -0.343 e. The summed E-state index contributed by atoms with van der Waals surface area (Å²) in [5.41, 5.74) is 2.28. The van der Waals surface area contributed by atoms with Crippen LogP contribution in [0.3, 0.4) is 0 Å². The summed E-state index contributed by atoms with van der Waals surface area (Å²) in [5.74, 6) is 0.743. The van der Waals surface area contributed by atoms with E-state index in [1.807, 2.05) is 6.20 Å². The number of imidazole rings is 1. The molecule has 1 fully saturated rings. The molecule has 0 aliphatic heterocycles. The summed E-state index contributed by atoms with van der Waals surface area (Å²) in [5, 5.41) is 3.22. The molecule has 2 heterocycles. The normalized spacial score (nSPS) is 16.3. The number of aromatic nitrogens is 3. The van der Waals surface area contributed by atoms with Gasteiger partial charge in [0.05, 0.1) is 23.9 Å². The van der Waals surface area contributed by atoms with Crippen LogP contribution in [0.25, 0.3) is 10.7 Å². The molecule has 3 nitrogen and oxygen atoms in total. The van der Waals surface area contributed by atoms with Gasteiger partial charge in [0.25, 0.3) is 0 Å². The average Bonchev–Trinajstić information content (AvgIpc) is 2.72. The lowest BCUT2D eigenvalue weighted by Gasteiger charge is -1.87. The lowest BCUT2D eigenvalue weighted by Crippen LogP contribution is -1.79. The van der Waals surface area contributed by atoms with Crippen LogP contribution >= 0.6 is 11.3 Å². The fraction of sp³-hybridized carbons (Fsp3) is 0.333. The van der Waals surface area contributed by atoms with Gasteiger partial charge in [-0.2, -0.15) is 0 Å². The molecule has 1 N–H and O–H groups in total. The lowest BCUT2D eigenvalue weighted by molar-refractivity contribution is 1.05. The molecular weight excluding hydrogens is 182 g/mol. The summed E-state index contributed by atoms with van der Waals surface area (Å²) < 4.78 is 0. The Hall–Kier alpha value is -1.16. The van der Waals surface area contributed by atoms with Gasteiger partial charge in [0, 0.05) is 11.3 Å². The largest absolute Gasteiger partial charge is 0.343 e. The van der Waals surface area contributed by atoms with Gasteiger partial charge in [-0.15, -0.1) is 11.3 Å². The van der Waals surface area contributed by atoms with E-state index in [1.165, 1.54) is 18.5 Å². The lowest BCUT2D eigenvalue weighted by atomic mass is 10.3. The Morgan fingerprint density at radius 1 is 1.46 bits per heavy atom. The molecule has 13 heavy (non-hydrogen) atoms. The Labute approximate surface area is 79.9 Å². The van der Waals surface area contributed by atoms with Crippen LogP contribution in [0, 0.1) is 0 Å². The molecule has 0 aromatic carbocycles. The maximum atomic E-state index is 4.56. The van der Waals surface area contributed by atoms with E-state index in [0.717, 1.165) is 16.6 Å². The molecule has 0 spiro atoms. The second-order valence-electron chi connectivity index (χ2n) is 3.32. The average molecular weight is 191 g/mol. The first-order chi connectivity index (χ1) is 6.43. The van der Waals surface area contributed by atoms with Crippen LogP contribution < -0.4 is 0 Å². The fourth-order valence-electron chi connectivity index (χ4n) is 1.35. The van der Waals surface area contributed by atoms with E-state index in [-0.39, 0.29) is 0 Å². The van der Waals surface area contributed by atoms with Crippen molar-refractivity contribution in [2.75, 3.05) is 0 Å². The zero-order valence-electron chi connectivity index (χ0n) is 7.03. The van der Waals surface area contributed by atoms with Crippen LogP contribution in [-0.4, -0.2) is 15.0 Å². The molecule has 0 atom stereocenters. The molecule has 0 unspecified atom stereocenters. The summed E-state index contributed by atoms with van der Waals surface area (Å²) in [6.07, 6.45) is 6.13. The summed E-state index contributed by atoms with van der Waals surface area (Å²) in [4.78, 5) is 11.6. The highest BCUT2D eigenvalue weighted by atomic mass is 32.1. The zero-order valence-corrected chi connectivity index (χ0v) is 7.84. The second kappa shape index (κ2) is 2.67. The molecule has 0 saturated heterocycles. The highest BCUT2D eigenvalue weighted by Gasteiger charge is 2.26. The van der Waals surface area contributed by atoms with Gasteiger partial charge in [-0.3, -0.25) is 0 Å². The Kier molecular flexibility index (Phi) is 1.49. The van der Waals surface area contributed by atoms with E-state index in [4.69, 9.17) is 0 Å². The van der Waals surface area contributed by atoms with E-state index >= 15 is 0 Å². The standard InChI is InChI=1S/C9H9N3S/c1-2-6(1)8-4-13-9(12-8)7-3-10-5-11-7/h3-6H,1-2H2,(H,10,11). The predicted octanol–water partition coefficient (Wildman–Crippen LogP) is 2.41. The van der Waals surface area contributed by atoms with Crippen molar-refractivity contribution < 1.29 is 0 Å². The van der Waals surface area contributed by atoms with Crippen molar-refractivity contribution >= 4 is 11.3 Å². The Morgan fingerprint density at radius 3 is 3.08 bits per heavy atom. The van der Waals surface area contributed by atoms with Gasteiger partial charge in [-0.1, -0.05) is 0 Å². The third-order valence-electron chi connectivity index (χ3n) is 2.25. The van der Waals surface area contributed by atoms with Crippen LogP contribution in [0.4, 0.5) is 0 Å². The Balaban J connectivity index is 1.97. The molecule has 1 saturated carbocycles. The number of hydrogen-bond donors (Lipinski definition) is 1. The van der Waals surface area contributed by atoms with Crippen LogP contribution in [0.5, 0.6) is 0 Å². The highest BCUT2D eigenvalue weighted by Crippen LogP contribution is 2.41. The number of H-pyrrole nitrogens is 1. The van der Waals surface area contributed by atoms with Gasteiger partial charge in [-0.05, 0) is 12.8 Å². The van der Waals surface area contributed by atoms with Gasteiger partial charge >= 0.3 is 0 Å². The first kappa shape index (κ1) is 7.26.